The van der Waals surface area contributed by atoms with E-state index in [9.17, 15) is 4.39 Å². The molecule has 0 aliphatic heterocycles. The first-order valence-corrected chi connectivity index (χ1v) is 8.42. The van der Waals surface area contributed by atoms with Crippen LogP contribution in [0.1, 0.15) is 52.0 Å². The summed E-state index contributed by atoms with van der Waals surface area (Å²) in [5, 5.41) is 3.84. The second kappa shape index (κ2) is 7.11. The predicted molar refractivity (Wildman–Crippen MR) is 88.3 cm³/mol. The van der Waals surface area contributed by atoms with Crippen molar-refractivity contribution in [3.8, 4) is 0 Å². The van der Waals surface area contributed by atoms with Crippen molar-refractivity contribution in [1.82, 2.24) is 5.32 Å². The van der Waals surface area contributed by atoms with Crippen molar-refractivity contribution < 1.29 is 4.39 Å². The molecule has 1 saturated carbocycles. The lowest BCUT2D eigenvalue weighted by Gasteiger charge is -2.29. The normalized spacial score (nSPS) is 18.1. The smallest absolute Gasteiger partial charge is 0.144 e. The first-order chi connectivity index (χ1) is 9.87. The molecule has 0 radical (unpaired) electrons. The maximum Gasteiger partial charge on any atom is 0.144 e. The standard InChI is InChI=1S/C18H27ClFN/c1-18(2,3)21-12-15(13-7-4-5-8-13)11-14-9-6-10-16(19)17(14)20/h6,9-10,13,15,21H,4-5,7-8,11-12H2,1-3H3. The van der Waals surface area contributed by atoms with E-state index in [1.54, 1.807) is 6.07 Å². The highest BCUT2D eigenvalue weighted by molar-refractivity contribution is 6.30. The first kappa shape index (κ1) is 16.8. The van der Waals surface area contributed by atoms with E-state index in [1.807, 2.05) is 12.1 Å². The topological polar surface area (TPSA) is 12.0 Å². The number of nitrogens with one attached hydrogen (secondary N) is 1. The van der Waals surface area contributed by atoms with E-state index in [0.717, 1.165) is 18.5 Å². The van der Waals surface area contributed by atoms with Gasteiger partial charge in [0.2, 0.25) is 0 Å². The van der Waals surface area contributed by atoms with Crippen molar-refractivity contribution in [2.75, 3.05) is 6.54 Å². The third kappa shape index (κ3) is 4.96. The predicted octanol–water partition coefficient (Wildman–Crippen LogP) is 5.22. The Morgan fingerprint density at radius 2 is 1.95 bits per heavy atom. The van der Waals surface area contributed by atoms with Gasteiger partial charge in [-0.3, -0.25) is 0 Å². The Kier molecular flexibility index (Phi) is 5.67. The number of hydrogen-bond acceptors (Lipinski definition) is 1. The van der Waals surface area contributed by atoms with Gasteiger partial charge in [0.15, 0.2) is 0 Å². The van der Waals surface area contributed by atoms with Gasteiger partial charge in [0.05, 0.1) is 5.02 Å². The molecule has 1 fully saturated rings. The molecule has 0 amide bonds. The van der Waals surface area contributed by atoms with Gasteiger partial charge in [-0.2, -0.15) is 0 Å². The minimum atomic E-state index is -0.238. The third-order valence-corrected chi connectivity index (χ3v) is 4.77. The Morgan fingerprint density at radius 1 is 1.29 bits per heavy atom. The van der Waals surface area contributed by atoms with Gasteiger partial charge in [0.25, 0.3) is 0 Å². The molecule has 3 heteroatoms. The van der Waals surface area contributed by atoms with Crippen molar-refractivity contribution in [2.45, 2.75) is 58.4 Å². The van der Waals surface area contributed by atoms with E-state index in [4.69, 9.17) is 11.6 Å². The van der Waals surface area contributed by atoms with E-state index < -0.39 is 0 Å². The molecule has 1 atom stereocenters. The monoisotopic (exact) mass is 311 g/mol. The molecule has 21 heavy (non-hydrogen) atoms. The molecule has 1 nitrogen and oxygen atoms in total. The number of benzene rings is 1. The molecule has 0 saturated heterocycles. The van der Waals surface area contributed by atoms with Crippen molar-refractivity contribution in [3.05, 3.63) is 34.6 Å². The summed E-state index contributed by atoms with van der Waals surface area (Å²) in [4.78, 5) is 0. The fraction of sp³-hybridized carbons (Fsp3) is 0.667. The van der Waals surface area contributed by atoms with Crippen LogP contribution in [-0.2, 0) is 6.42 Å². The summed E-state index contributed by atoms with van der Waals surface area (Å²) in [6.45, 7) is 7.48. The molecule has 1 unspecified atom stereocenters. The fourth-order valence-corrected chi connectivity index (χ4v) is 3.45. The first-order valence-electron chi connectivity index (χ1n) is 8.05. The molecule has 1 N–H and O–H groups in total. The van der Waals surface area contributed by atoms with Crippen molar-refractivity contribution >= 4 is 11.6 Å². The van der Waals surface area contributed by atoms with E-state index in [-0.39, 0.29) is 16.4 Å². The summed E-state index contributed by atoms with van der Waals surface area (Å²) < 4.78 is 14.2. The highest BCUT2D eigenvalue weighted by Crippen LogP contribution is 2.34. The molecule has 0 aromatic heterocycles. The fourth-order valence-electron chi connectivity index (χ4n) is 3.26. The second-order valence-corrected chi connectivity index (χ2v) is 7.76. The van der Waals surface area contributed by atoms with Gasteiger partial charge in [-0.05, 0) is 57.2 Å². The van der Waals surface area contributed by atoms with E-state index in [2.05, 4.69) is 26.1 Å². The lowest BCUT2D eigenvalue weighted by molar-refractivity contribution is 0.284. The van der Waals surface area contributed by atoms with Crippen LogP contribution in [0.5, 0.6) is 0 Å². The van der Waals surface area contributed by atoms with Crippen LogP contribution in [0.2, 0.25) is 5.02 Å². The average molecular weight is 312 g/mol. The van der Waals surface area contributed by atoms with Crippen LogP contribution >= 0.6 is 11.6 Å². The minimum Gasteiger partial charge on any atom is -0.312 e. The van der Waals surface area contributed by atoms with Gasteiger partial charge >= 0.3 is 0 Å². The zero-order valence-corrected chi connectivity index (χ0v) is 14.1. The van der Waals surface area contributed by atoms with Crippen molar-refractivity contribution in [2.24, 2.45) is 11.8 Å². The largest absolute Gasteiger partial charge is 0.312 e. The highest BCUT2D eigenvalue weighted by atomic mass is 35.5. The number of halogens is 2. The summed E-state index contributed by atoms with van der Waals surface area (Å²) in [7, 11) is 0. The molecule has 1 aliphatic rings. The van der Waals surface area contributed by atoms with Gasteiger partial charge < -0.3 is 5.32 Å². The van der Waals surface area contributed by atoms with E-state index >= 15 is 0 Å². The molecule has 1 aliphatic carbocycles. The Morgan fingerprint density at radius 3 is 2.57 bits per heavy atom. The lowest BCUT2D eigenvalue weighted by Crippen LogP contribution is -2.41. The molecule has 0 bridgehead atoms. The Bertz CT molecular complexity index is 461. The SMILES string of the molecule is CC(C)(C)NCC(Cc1cccc(Cl)c1F)C1CCCC1. The third-order valence-electron chi connectivity index (χ3n) is 4.47. The van der Waals surface area contributed by atoms with Crippen LogP contribution in [0.4, 0.5) is 4.39 Å². The molecule has 118 valence electrons. The summed E-state index contributed by atoms with van der Waals surface area (Å²) in [5.74, 6) is 0.954. The van der Waals surface area contributed by atoms with Crippen LogP contribution in [0, 0.1) is 17.7 Å². The van der Waals surface area contributed by atoms with Crippen LogP contribution in [0.25, 0.3) is 0 Å². The summed E-state index contributed by atoms with van der Waals surface area (Å²) >= 11 is 5.92. The molecular weight excluding hydrogens is 285 g/mol. The van der Waals surface area contributed by atoms with Gasteiger partial charge in [-0.1, -0.05) is 49.4 Å². The van der Waals surface area contributed by atoms with Gasteiger partial charge in [-0.15, -0.1) is 0 Å². The van der Waals surface area contributed by atoms with E-state index in [1.165, 1.54) is 25.7 Å². The number of rotatable bonds is 5. The highest BCUT2D eigenvalue weighted by Gasteiger charge is 2.27. The van der Waals surface area contributed by atoms with Gasteiger partial charge in [-0.25, -0.2) is 4.39 Å². The molecule has 0 heterocycles. The van der Waals surface area contributed by atoms with E-state index in [0.29, 0.717) is 11.8 Å². The second-order valence-electron chi connectivity index (χ2n) is 7.35. The lowest BCUT2D eigenvalue weighted by atomic mass is 9.85. The molecule has 1 aromatic rings. The van der Waals surface area contributed by atoms with Crippen molar-refractivity contribution in [1.29, 1.82) is 0 Å². The number of hydrogen-bond donors (Lipinski definition) is 1. The average Bonchev–Trinajstić information content (AvgIpc) is 2.92. The van der Waals surface area contributed by atoms with Crippen molar-refractivity contribution in [3.63, 3.8) is 0 Å². The van der Waals surface area contributed by atoms with Crippen LogP contribution < -0.4 is 5.32 Å². The van der Waals surface area contributed by atoms with Crippen LogP contribution in [0.3, 0.4) is 0 Å². The maximum absolute atomic E-state index is 14.2. The summed E-state index contributed by atoms with van der Waals surface area (Å²) in [6.07, 6.45) is 5.96. The molecule has 1 aromatic carbocycles. The van der Waals surface area contributed by atoms with Gasteiger partial charge in [0.1, 0.15) is 5.82 Å². The maximum atomic E-state index is 14.2. The Hall–Kier alpha value is -0.600. The Balaban J connectivity index is 2.09. The summed E-state index contributed by atoms with van der Waals surface area (Å²) in [6, 6.07) is 5.35. The van der Waals surface area contributed by atoms with Gasteiger partial charge in [0, 0.05) is 5.54 Å². The molecule has 0 spiro atoms. The van der Waals surface area contributed by atoms with Crippen LogP contribution in [0.15, 0.2) is 18.2 Å². The molecule has 2 rings (SSSR count). The Labute approximate surface area is 133 Å². The van der Waals surface area contributed by atoms with Crippen LogP contribution in [-0.4, -0.2) is 12.1 Å². The zero-order valence-electron chi connectivity index (χ0n) is 13.4. The molecular formula is C18H27ClFN. The minimum absolute atomic E-state index is 0.101. The zero-order chi connectivity index (χ0) is 15.5. The quantitative estimate of drug-likeness (QED) is 0.786. The summed E-state index contributed by atoms with van der Waals surface area (Å²) in [5.41, 5.74) is 0.860.